The Balaban J connectivity index is 2.02. The lowest BCUT2D eigenvalue weighted by atomic mass is 9.75. The molecule has 1 spiro atoms. The van der Waals surface area contributed by atoms with Crippen molar-refractivity contribution in [1.29, 1.82) is 0 Å². The lowest BCUT2D eigenvalue weighted by Crippen LogP contribution is -2.46. The summed E-state index contributed by atoms with van der Waals surface area (Å²) in [5, 5.41) is 0. The molecule has 1 heteroatoms. The fourth-order valence-corrected chi connectivity index (χ4v) is 3.38. The average molecular weight is 195 g/mol. The Morgan fingerprint density at radius 2 is 1.79 bits per heavy atom. The molecule has 2 rings (SSSR count). The highest BCUT2D eigenvalue weighted by atomic mass is 15.2. The lowest BCUT2D eigenvalue weighted by molar-refractivity contribution is 0.0556. The van der Waals surface area contributed by atoms with E-state index in [1.807, 2.05) is 0 Å². The molecule has 1 aliphatic heterocycles. The van der Waals surface area contributed by atoms with Crippen LogP contribution in [0.1, 0.15) is 47.0 Å². The minimum Gasteiger partial charge on any atom is -0.300 e. The summed E-state index contributed by atoms with van der Waals surface area (Å²) in [7, 11) is 0. The molecular weight excluding hydrogens is 170 g/mol. The van der Waals surface area contributed by atoms with Gasteiger partial charge < -0.3 is 4.90 Å². The van der Waals surface area contributed by atoms with Crippen LogP contribution in [0.3, 0.4) is 0 Å². The molecule has 1 saturated heterocycles. The summed E-state index contributed by atoms with van der Waals surface area (Å²) in [5.41, 5.74) is 0.747. The number of likely N-dealkylation sites (tertiary alicyclic amines) is 1. The predicted molar refractivity (Wildman–Crippen MR) is 61.3 cm³/mol. The van der Waals surface area contributed by atoms with Crippen molar-refractivity contribution in [2.24, 2.45) is 17.3 Å². The van der Waals surface area contributed by atoms with Gasteiger partial charge in [0, 0.05) is 12.6 Å². The van der Waals surface area contributed by atoms with Crippen LogP contribution < -0.4 is 0 Å². The topological polar surface area (TPSA) is 3.24 Å². The second kappa shape index (κ2) is 3.52. The predicted octanol–water partition coefficient (Wildman–Crippen LogP) is 3.15. The number of rotatable bonds is 2. The Bertz CT molecular complexity index is 203. The molecule has 0 aromatic rings. The van der Waals surface area contributed by atoms with Gasteiger partial charge in [0.15, 0.2) is 0 Å². The highest BCUT2D eigenvalue weighted by Crippen LogP contribution is 2.58. The van der Waals surface area contributed by atoms with Gasteiger partial charge in [0.05, 0.1) is 0 Å². The van der Waals surface area contributed by atoms with E-state index in [4.69, 9.17) is 0 Å². The summed E-state index contributed by atoms with van der Waals surface area (Å²) in [5.74, 6) is 1.91. The Hall–Kier alpha value is -0.0400. The minimum absolute atomic E-state index is 0.747. The maximum Gasteiger partial charge on any atom is 0.00434 e. The normalized spacial score (nSPS) is 31.7. The fourth-order valence-electron chi connectivity index (χ4n) is 3.38. The van der Waals surface area contributed by atoms with E-state index in [0.29, 0.717) is 0 Å². The van der Waals surface area contributed by atoms with Crippen LogP contribution in [0, 0.1) is 17.3 Å². The van der Waals surface area contributed by atoms with Crippen LogP contribution in [0.4, 0.5) is 0 Å². The molecule has 2 fully saturated rings. The molecule has 1 aliphatic carbocycles. The van der Waals surface area contributed by atoms with Gasteiger partial charge in [0.25, 0.3) is 0 Å². The van der Waals surface area contributed by atoms with Crippen molar-refractivity contribution < 1.29 is 0 Å². The highest BCUT2D eigenvalue weighted by molar-refractivity contribution is 5.04. The van der Waals surface area contributed by atoms with Crippen LogP contribution in [-0.2, 0) is 0 Å². The van der Waals surface area contributed by atoms with E-state index in [2.05, 4.69) is 32.6 Å². The van der Waals surface area contributed by atoms with Gasteiger partial charge in [-0.1, -0.05) is 13.8 Å². The van der Waals surface area contributed by atoms with Crippen LogP contribution in [0.15, 0.2) is 0 Å². The monoisotopic (exact) mass is 195 g/mol. The van der Waals surface area contributed by atoms with Crippen molar-refractivity contribution >= 4 is 0 Å². The molecular formula is C13H25N. The maximum atomic E-state index is 2.69. The van der Waals surface area contributed by atoms with Gasteiger partial charge in [-0.3, -0.25) is 0 Å². The third-order valence-electron chi connectivity index (χ3n) is 4.46. The van der Waals surface area contributed by atoms with Gasteiger partial charge in [-0.15, -0.1) is 0 Å². The zero-order valence-electron chi connectivity index (χ0n) is 10.2. The largest absolute Gasteiger partial charge is 0.300 e. The maximum absolute atomic E-state index is 2.69. The number of piperidine rings is 1. The highest BCUT2D eigenvalue weighted by Gasteiger charge is 2.52. The summed E-state index contributed by atoms with van der Waals surface area (Å²) in [6.45, 7) is 12.2. The summed E-state index contributed by atoms with van der Waals surface area (Å²) < 4.78 is 0. The van der Waals surface area contributed by atoms with Crippen molar-refractivity contribution in [3.63, 3.8) is 0 Å². The van der Waals surface area contributed by atoms with Gasteiger partial charge in [-0.25, -0.2) is 0 Å². The molecule has 0 radical (unpaired) electrons. The first-order chi connectivity index (χ1) is 6.55. The van der Waals surface area contributed by atoms with Crippen LogP contribution in [0.5, 0.6) is 0 Å². The zero-order chi connectivity index (χ0) is 10.3. The molecule has 2 aliphatic rings. The van der Waals surface area contributed by atoms with Crippen LogP contribution >= 0.6 is 0 Å². The van der Waals surface area contributed by atoms with Crippen molar-refractivity contribution in [2.45, 2.75) is 53.0 Å². The molecule has 1 heterocycles. The van der Waals surface area contributed by atoms with Crippen LogP contribution in [0.2, 0.25) is 0 Å². The summed E-state index contributed by atoms with van der Waals surface area (Å²) in [6, 6.07) is 0.751. The Kier molecular flexibility index (Phi) is 2.63. The minimum atomic E-state index is 0.747. The van der Waals surface area contributed by atoms with Crippen molar-refractivity contribution in [3.8, 4) is 0 Å². The number of hydrogen-bond acceptors (Lipinski definition) is 1. The third kappa shape index (κ3) is 1.71. The lowest BCUT2D eigenvalue weighted by Gasteiger charge is -2.43. The Morgan fingerprint density at radius 3 is 2.21 bits per heavy atom. The van der Waals surface area contributed by atoms with E-state index >= 15 is 0 Å². The average Bonchev–Trinajstić information content (AvgIpc) is 2.84. The van der Waals surface area contributed by atoms with E-state index in [1.165, 1.54) is 32.4 Å². The van der Waals surface area contributed by atoms with Gasteiger partial charge in [-0.05, 0) is 56.9 Å². The smallest absolute Gasteiger partial charge is 0.00434 e. The van der Waals surface area contributed by atoms with Crippen molar-refractivity contribution in [3.05, 3.63) is 0 Å². The number of nitrogens with zero attached hydrogens (tertiary/aromatic N) is 1. The zero-order valence-corrected chi connectivity index (χ0v) is 10.2. The molecule has 1 saturated carbocycles. The van der Waals surface area contributed by atoms with Gasteiger partial charge in [0.2, 0.25) is 0 Å². The first-order valence-electron chi connectivity index (χ1n) is 6.29. The molecule has 0 aromatic carbocycles. The summed E-state index contributed by atoms with van der Waals surface area (Å²) in [6.07, 6.45) is 4.44. The van der Waals surface area contributed by atoms with Crippen molar-refractivity contribution in [2.75, 3.05) is 13.1 Å². The molecule has 1 nitrogen and oxygen atoms in total. The molecule has 0 bridgehead atoms. The van der Waals surface area contributed by atoms with Crippen molar-refractivity contribution in [1.82, 2.24) is 4.90 Å². The number of hydrogen-bond donors (Lipinski definition) is 0. The molecule has 1 atom stereocenters. The van der Waals surface area contributed by atoms with Gasteiger partial charge in [-0.2, -0.15) is 0 Å². The molecule has 14 heavy (non-hydrogen) atoms. The second-order valence-corrected chi connectivity index (χ2v) is 6.07. The summed E-state index contributed by atoms with van der Waals surface area (Å²) >= 11 is 0. The quantitative estimate of drug-likeness (QED) is 0.654. The SMILES string of the molecule is CC(C)[C@@H]1CCN(C(C)C)CC12CC2. The molecule has 0 aromatic heterocycles. The third-order valence-corrected chi connectivity index (χ3v) is 4.46. The van der Waals surface area contributed by atoms with E-state index in [1.54, 1.807) is 0 Å². The van der Waals surface area contributed by atoms with Gasteiger partial charge in [0.1, 0.15) is 0 Å². The first kappa shape index (κ1) is 10.5. The summed E-state index contributed by atoms with van der Waals surface area (Å²) in [4.78, 5) is 2.69. The molecule has 0 unspecified atom stereocenters. The van der Waals surface area contributed by atoms with E-state index in [9.17, 15) is 0 Å². The van der Waals surface area contributed by atoms with Gasteiger partial charge >= 0.3 is 0 Å². The van der Waals surface area contributed by atoms with E-state index in [0.717, 1.165) is 23.3 Å². The Morgan fingerprint density at radius 1 is 1.14 bits per heavy atom. The molecule has 82 valence electrons. The fraction of sp³-hybridized carbons (Fsp3) is 1.00. The first-order valence-corrected chi connectivity index (χ1v) is 6.29. The van der Waals surface area contributed by atoms with E-state index in [-0.39, 0.29) is 0 Å². The van der Waals surface area contributed by atoms with Crippen LogP contribution in [-0.4, -0.2) is 24.0 Å². The Labute approximate surface area is 88.9 Å². The van der Waals surface area contributed by atoms with Crippen LogP contribution in [0.25, 0.3) is 0 Å². The molecule has 0 amide bonds. The second-order valence-electron chi connectivity index (χ2n) is 6.07. The standard InChI is InChI=1S/C13H25N/c1-10(2)12-5-8-14(11(3)4)9-13(12)6-7-13/h10-12H,5-9H2,1-4H3/t12-/m0/s1. The molecule has 0 N–H and O–H groups in total. The van der Waals surface area contributed by atoms with E-state index < -0.39 is 0 Å².